The van der Waals surface area contributed by atoms with Gasteiger partial charge in [0.25, 0.3) is 11.8 Å². The SMILES string of the molecule is CC1Oc2cc(NC(=O)c3ccccc3Br)ccc2N(CCN2CCOCC2)C1=O. The highest BCUT2D eigenvalue weighted by Gasteiger charge is 2.32. The molecule has 8 heteroatoms. The van der Waals surface area contributed by atoms with E-state index in [1.165, 1.54) is 0 Å². The fourth-order valence-corrected chi connectivity index (χ4v) is 4.09. The summed E-state index contributed by atoms with van der Waals surface area (Å²) in [5.41, 5.74) is 1.89. The van der Waals surface area contributed by atoms with E-state index in [9.17, 15) is 9.59 Å². The van der Waals surface area contributed by atoms with Crippen LogP contribution in [-0.4, -0.2) is 62.2 Å². The maximum absolute atomic E-state index is 12.7. The first kappa shape index (κ1) is 20.8. The summed E-state index contributed by atoms with van der Waals surface area (Å²) >= 11 is 3.40. The average molecular weight is 474 g/mol. The Bertz CT molecular complexity index is 946. The van der Waals surface area contributed by atoms with Crippen LogP contribution in [0, 0.1) is 0 Å². The number of fused-ring (bicyclic) bond motifs is 1. The van der Waals surface area contributed by atoms with E-state index in [-0.39, 0.29) is 11.8 Å². The molecule has 1 fully saturated rings. The minimum Gasteiger partial charge on any atom is -0.479 e. The van der Waals surface area contributed by atoms with E-state index in [0.717, 1.165) is 43.0 Å². The van der Waals surface area contributed by atoms with Gasteiger partial charge in [0.05, 0.1) is 24.5 Å². The molecule has 2 aliphatic heterocycles. The number of hydrogen-bond donors (Lipinski definition) is 1. The van der Waals surface area contributed by atoms with Gasteiger partial charge in [-0.2, -0.15) is 0 Å². The van der Waals surface area contributed by atoms with Gasteiger partial charge in [0.2, 0.25) is 0 Å². The number of amides is 2. The topological polar surface area (TPSA) is 71.1 Å². The minimum atomic E-state index is -0.573. The van der Waals surface area contributed by atoms with E-state index in [1.807, 2.05) is 24.3 Å². The van der Waals surface area contributed by atoms with Crippen molar-refractivity contribution in [1.82, 2.24) is 4.90 Å². The lowest BCUT2D eigenvalue weighted by atomic mass is 10.1. The second-order valence-corrected chi connectivity index (χ2v) is 8.17. The quantitative estimate of drug-likeness (QED) is 0.721. The molecule has 1 N–H and O–H groups in total. The summed E-state index contributed by atoms with van der Waals surface area (Å²) in [6.07, 6.45) is -0.573. The van der Waals surface area contributed by atoms with Crippen LogP contribution in [0.25, 0.3) is 0 Å². The van der Waals surface area contributed by atoms with Gasteiger partial charge >= 0.3 is 0 Å². The van der Waals surface area contributed by atoms with Crippen LogP contribution in [0.2, 0.25) is 0 Å². The highest BCUT2D eigenvalue weighted by molar-refractivity contribution is 9.10. The van der Waals surface area contributed by atoms with Crippen molar-refractivity contribution in [2.24, 2.45) is 0 Å². The van der Waals surface area contributed by atoms with Crippen LogP contribution in [0.15, 0.2) is 46.9 Å². The second-order valence-electron chi connectivity index (χ2n) is 7.32. The fraction of sp³-hybridized carbons (Fsp3) is 0.364. The summed E-state index contributed by atoms with van der Waals surface area (Å²) in [5, 5.41) is 2.90. The van der Waals surface area contributed by atoms with Gasteiger partial charge in [0, 0.05) is 42.4 Å². The Kier molecular flexibility index (Phi) is 6.36. The predicted octanol–water partition coefficient (Wildman–Crippen LogP) is 3.15. The predicted molar refractivity (Wildman–Crippen MR) is 118 cm³/mol. The van der Waals surface area contributed by atoms with E-state index >= 15 is 0 Å². The Hall–Kier alpha value is -2.42. The molecule has 0 saturated carbocycles. The number of hydrogen-bond acceptors (Lipinski definition) is 5. The Labute approximate surface area is 184 Å². The summed E-state index contributed by atoms with van der Waals surface area (Å²) in [6, 6.07) is 12.6. The monoisotopic (exact) mass is 473 g/mol. The van der Waals surface area contributed by atoms with Gasteiger partial charge in [-0.1, -0.05) is 12.1 Å². The molecular weight excluding hydrogens is 450 g/mol. The molecule has 2 heterocycles. The smallest absolute Gasteiger partial charge is 0.267 e. The molecule has 2 amide bonds. The van der Waals surface area contributed by atoms with Gasteiger partial charge in [-0.25, -0.2) is 0 Å². The standard InChI is InChI=1S/C22H24BrN3O4/c1-15-22(28)26(9-8-25-10-12-29-13-11-25)19-7-6-16(14-20(19)30-15)24-21(27)17-4-2-3-5-18(17)23/h2-7,14-15H,8-13H2,1H3,(H,24,27). The number of halogens is 1. The highest BCUT2D eigenvalue weighted by Crippen LogP contribution is 2.36. The van der Waals surface area contributed by atoms with Crippen molar-refractivity contribution in [2.45, 2.75) is 13.0 Å². The number of benzene rings is 2. The van der Waals surface area contributed by atoms with E-state index < -0.39 is 6.10 Å². The second kappa shape index (κ2) is 9.16. The van der Waals surface area contributed by atoms with Crippen molar-refractivity contribution >= 4 is 39.1 Å². The van der Waals surface area contributed by atoms with Crippen LogP contribution >= 0.6 is 15.9 Å². The van der Waals surface area contributed by atoms with Crippen LogP contribution in [0.4, 0.5) is 11.4 Å². The summed E-state index contributed by atoms with van der Waals surface area (Å²) in [6.45, 7) is 6.32. The molecule has 0 radical (unpaired) electrons. The molecule has 1 saturated heterocycles. The molecule has 2 aromatic rings. The molecule has 2 aliphatic rings. The summed E-state index contributed by atoms with van der Waals surface area (Å²) in [7, 11) is 0. The molecule has 7 nitrogen and oxygen atoms in total. The summed E-state index contributed by atoms with van der Waals surface area (Å²) in [4.78, 5) is 29.4. The van der Waals surface area contributed by atoms with Crippen molar-refractivity contribution in [1.29, 1.82) is 0 Å². The Morgan fingerprint density at radius 3 is 2.70 bits per heavy atom. The Morgan fingerprint density at radius 2 is 1.93 bits per heavy atom. The lowest BCUT2D eigenvalue weighted by molar-refractivity contribution is -0.125. The van der Waals surface area contributed by atoms with Crippen LogP contribution in [0.3, 0.4) is 0 Å². The lowest BCUT2D eigenvalue weighted by Gasteiger charge is -2.35. The molecule has 0 aliphatic carbocycles. The molecule has 4 rings (SSSR count). The van der Waals surface area contributed by atoms with Crippen LogP contribution in [0.5, 0.6) is 5.75 Å². The lowest BCUT2D eigenvalue weighted by Crippen LogP contribution is -2.48. The van der Waals surface area contributed by atoms with E-state index in [2.05, 4.69) is 26.1 Å². The molecule has 0 bridgehead atoms. The molecule has 158 valence electrons. The van der Waals surface area contributed by atoms with Crippen molar-refractivity contribution in [3.05, 3.63) is 52.5 Å². The Morgan fingerprint density at radius 1 is 1.17 bits per heavy atom. The van der Waals surface area contributed by atoms with Crippen molar-refractivity contribution in [3.8, 4) is 5.75 Å². The number of nitrogens with zero attached hydrogens (tertiary/aromatic N) is 2. The molecule has 1 atom stereocenters. The van der Waals surface area contributed by atoms with Crippen LogP contribution in [-0.2, 0) is 9.53 Å². The number of morpholine rings is 1. The van der Waals surface area contributed by atoms with Gasteiger partial charge < -0.3 is 19.7 Å². The van der Waals surface area contributed by atoms with E-state index in [0.29, 0.717) is 23.5 Å². The average Bonchev–Trinajstić information content (AvgIpc) is 2.75. The minimum absolute atomic E-state index is 0.0549. The molecule has 2 aromatic carbocycles. The first-order valence-corrected chi connectivity index (χ1v) is 10.8. The van der Waals surface area contributed by atoms with Gasteiger partial charge in [-0.15, -0.1) is 0 Å². The molecule has 0 spiro atoms. The highest BCUT2D eigenvalue weighted by atomic mass is 79.9. The van der Waals surface area contributed by atoms with E-state index in [4.69, 9.17) is 9.47 Å². The van der Waals surface area contributed by atoms with Crippen LogP contribution < -0.4 is 15.0 Å². The zero-order chi connectivity index (χ0) is 21.1. The number of carbonyl (C=O) groups is 2. The maximum atomic E-state index is 12.7. The number of rotatable bonds is 5. The maximum Gasteiger partial charge on any atom is 0.267 e. The summed E-state index contributed by atoms with van der Waals surface area (Å²) in [5.74, 6) is 0.321. The molecular formula is C22H24BrN3O4. The van der Waals surface area contributed by atoms with Gasteiger partial charge in [0.1, 0.15) is 5.75 Å². The van der Waals surface area contributed by atoms with Gasteiger partial charge in [0.15, 0.2) is 6.10 Å². The van der Waals surface area contributed by atoms with Gasteiger partial charge in [-0.3, -0.25) is 14.5 Å². The van der Waals surface area contributed by atoms with Crippen molar-refractivity contribution in [2.75, 3.05) is 49.6 Å². The first-order chi connectivity index (χ1) is 14.5. The first-order valence-electron chi connectivity index (χ1n) is 10.0. The molecule has 0 aromatic heterocycles. The third kappa shape index (κ3) is 4.50. The van der Waals surface area contributed by atoms with Gasteiger partial charge in [-0.05, 0) is 47.1 Å². The molecule has 30 heavy (non-hydrogen) atoms. The third-order valence-electron chi connectivity index (χ3n) is 5.29. The normalized spacial score (nSPS) is 19.2. The zero-order valence-corrected chi connectivity index (χ0v) is 18.4. The van der Waals surface area contributed by atoms with E-state index in [1.54, 1.807) is 30.0 Å². The van der Waals surface area contributed by atoms with Crippen LogP contribution in [0.1, 0.15) is 17.3 Å². The Balaban J connectivity index is 1.50. The fourth-order valence-electron chi connectivity index (χ4n) is 3.63. The summed E-state index contributed by atoms with van der Waals surface area (Å²) < 4.78 is 11.9. The third-order valence-corrected chi connectivity index (χ3v) is 5.98. The largest absolute Gasteiger partial charge is 0.479 e. The number of ether oxygens (including phenoxy) is 2. The van der Waals surface area contributed by atoms with Crippen molar-refractivity contribution < 1.29 is 19.1 Å². The van der Waals surface area contributed by atoms with Crippen molar-refractivity contribution in [3.63, 3.8) is 0 Å². The number of anilines is 2. The zero-order valence-electron chi connectivity index (χ0n) is 16.8. The number of carbonyl (C=O) groups excluding carboxylic acids is 2. The molecule has 1 unspecified atom stereocenters. The number of nitrogens with one attached hydrogen (secondary N) is 1.